The highest BCUT2D eigenvalue weighted by Crippen LogP contribution is 2.32. The Morgan fingerprint density at radius 1 is 0.966 bits per heavy atom. The lowest BCUT2D eigenvalue weighted by atomic mass is 10.0. The van der Waals surface area contributed by atoms with Gasteiger partial charge in [-0.05, 0) is 67.1 Å². The van der Waals surface area contributed by atoms with Crippen LogP contribution in [0, 0.1) is 0 Å². The minimum atomic E-state index is -3.70. The highest BCUT2D eigenvalue weighted by atomic mass is 32.2. The summed E-state index contributed by atoms with van der Waals surface area (Å²) in [6.07, 6.45) is 3.91. The zero-order valence-electron chi connectivity index (χ0n) is 16.9. The first-order chi connectivity index (χ1) is 13.8. The molecule has 0 radical (unpaired) electrons. The van der Waals surface area contributed by atoms with Gasteiger partial charge < -0.3 is 0 Å². The van der Waals surface area contributed by atoms with E-state index in [1.807, 2.05) is 19.1 Å². The van der Waals surface area contributed by atoms with Crippen molar-refractivity contribution < 1.29 is 16.8 Å². The highest BCUT2D eigenvalue weighted by molar-refractivity contribution is 7.93. The van der Waals surface area contributed by atoms with E-state index in [1.54, 1.807) is 30.3 Å². The summed E-state index contributed by atoms with van der Waals surface area (Å²) in [4.78, 5) is 0.210. The normalized spacial score (nSPS) is 14.5. The molecule has 1 N–H and O–H groups in total. The molecule has 0 bridgehead atoms. The molecular formula is C21H28N2O4S2. The van der Waals surface area contributed by atoms with Crippen molar-refractivity contribution in [2.45, 2.75) is 50.8 Å². The molecule has 0 atom stereocenters. The molecule has 158 valence electrons. The lowest BCUT2D eigenvalue weighted by Gasteiger charge is -2.30. The molecule has 0 amide bonds. The molecule has 1 aliphatic rings. The fourth-order valence-electron chi connectivity index (χ4n) is 3.62. The van der Waals surface area contributed by atoms with Gasteiger partial charge in [-0.25, -0.2) is 16.8 Å². The van der Waals surface area contributed by atoms with Crippen molar-refractivity contribution in [3.8, 4) is 0 Å². The third-order valence-corrected chi connectivity index (χ3v) is 8.35. The number of nitrogens with one attached hydrogen (secondary N) is 1. The van der Waals surface area contributed by atoms with E-state index in [4.69, 9.17) is 0 Å². The number of anilines is 2. The second-order valence-corrected chi connectivity index (χ2v) is 11.0. The molecule has 0 aromatic heterocycles. The van der Waals surface area contributed by atoms with Gasteiger partial charge >= 0.3 is 0 Å². The Bertz CT molecular complexity index is 1060. The number of hydrogen-bond donors (Lipinski definition) is 1. The van der Waals surface area contributed by atoms with Gasteiger partial charge in [0.1, 0.15) is 0 Å². The minimum Gasteiger partial charge on any atom is -0.280 e. The summed E-state index contributed by atoms with van der Waals surface area (Å²) in [6, 6.07) is 12.0. The molecular weight excluding hydrogens is 408 g/mol. The van der Waals surface area contributed by atoms with Gasteiger partial charge in [-0.15, -0.1) is 0 Å². The number of benzene rings is 2. The highest BCUT2D eigenvalue weighted by Gasteiger charge is 2.27. The van der Waals surface area contributed by atoms with Crippen LogP contribution in [0.15, 0.2) is 47.4 Å². The van der Waals surface area contributed by atoms with E-state index in [9.17, 15) is 16.8 Å². The van der Waals surface area contributed by atoms with E-state index in [0.29, 0.717) is 30.8 Å². The van der Waals surface area contributed by atoms with Gasteiger partial charge in [-0.3, -0.25) is 9.03 Å². The molecule has 1 aliphatic heterocycles. The average Bonchev–Trinajstić information content (AvgIpc) is 2.67. The van der Waals surface area contributed by atoms with Gasteiger partial charge in [0, 0.05) is 12.2 Å². The molecule has 2 aromatic rings. The Morgan fingerprint density at radius 3 is 2.34 bits per heavy atom. The number of sulfonamides is 2. The van der Waals surface area contributed by atoms with Crippen LogP contribution in [-0.4, -0.2) is 29.1 Å². The van der Waals surface area contributed by atoms with Gasteiger partial charge in [0.25, 0.3) is 10.0 Å². The first-order valence-electron chi connectivity index (χ1n) is 10.0. The topological polar surface area (TPSA) is 83.6 Å². The van der Waals surface area contributed by atoms with E-state index >= 15 is 0 Å². The van der Waals surface area contributed by atoms with Gasteiger partial charge in [-0.1, -0.05) is 32.4 Å². The Kier molecular flexibility index (Phi) is 6.53. The molecule has 0 unspecified atom stereocenters. The fraction of sp³-hybridized carbons (Fsp3) is 0.429. The Labute approximate surface area is 174 Å². The number of aryl methyl sites for hydroxylation is 2. The summed E-state index contributed by atoms with van der Waals surface area (Å²) in [5.41, 5.74) is 3.04. The lowest BCUT2D eigenvalue weighted by molar-refractivity contribution is 0.585. The summed E-state index contributed by atoms with van der Waals surface area (Å²) >= 11 is 0. The second kappa shape index (κ2) is 8.75. The third kappa shape index (κ3) is 4.93. The van der Waals surface area contributed by atoms with Crippen LogP contribution in [0.25, 0.3) is 0 Å². The van der Waals surface area contributed by atoms with Crippen LogP contribution < -0.4 is 9.03 Å². The van der Waals surface area contributed by atoms with E-state index in [1.165, 1.54) is 4.31 Å². The second-order valence-electron chi connectivity index (χ2n) is 7.33. The van der Waals surface area contributed by atoms with Crippen LogP contribution in [0.2, 0.25) is 0 Å². The molecule has 0 fully saturated rings. The van der Waals surface area contributed by atoms with Crippen LogP contribution in [-0.2, 0) is 32.9 Å². The Balaban J connectivity index is 1.84. The molecule has 2 aromatic carbocycles. The lowest BCUT2D eigenvalue weighted by Crippen LogP contribution is -2.37. The van der Waals surface area contributed by atoms with E-state index < -0.39 is 20.0 Å². The van der Waals surface area contributed by atoms with Crippen molar-refractivity contribution in [3.05, 3.63) is 53.6 Å². The van der Waals surface area contributed by atoms with Crippen molar-refractivity contribution in [1.29, 1.82) is 0 Å². The van der Waals surface area contributed by atoms with Crippen molar-refractivity contribution in [2.75, 3.05) is 21.3 Å². The first kappa shape index (κ1) is 21.6. The number of nitrogens with zero attached hydrogens (tertiary/aromatic N) is 1. The van der Waals surface area contributed by atoms with Crippen molar-refractivity contribution in [3.63, 3.8) is 0 Å². The summed E-state index contributed by atoms with van der Waals surface area (Å²) < 4.78 is 54.6. The maximum Gasteiger partial charge on any atom is 0.261 e. The SMILES string of the molecule is CCCc1ccc(S(=O)(=O)Nc2ccc3c(c2)CCCN3S(=O)(=O)CCC)cc1. The molecule has 6 nitrogen and oxygen atoms in total. The zero-order chi connectivity index (χ0) is 21.1. The Hall–Kier alpha value is -2.06. The van der Waals surface area contributed by atoms with E-state index in [2.05, 4.69) is 11.6 Å². The summed E-state index contributed by atoms with van der Waals surface area (Å²) in [7, 11) is -7.06. The minimum absolute atomic E-state index is 0.106. The van der Waals surface area contributed by atoms with Gasteiger partial charge in [0.15, 0.2) is 0 Å². The standard InChI is InChI=1S/C21H28N2O4S2/c1-3-6-17-8-11-20(12-9-17)29(26,27)22-19-10-13-21-18(16-19)7-5-14-23(21)28(24,25)15-4-2/h8-13,16,22H,3-7,14-15H2,1-2H3. The van der Waals surface area contributed by atoms with Crippen LogP contribution >= 0.6 is 0 Å². The summed E-state index contributed by atoms with van der Waals surface area (Å²) in [5.74, 6) is 0.106. The molecule has 1 heterocycles. The van der Waals surface area contributed by atoms with Gasteiger partial charge in [0.05, 0.1) is 16.3 Å². The maximum absolute atomic E-state index is 12.7. The fourth-order valence-corrected chi connectivity index (χ4v) is 6.29. The molecule has 3 rings (SSSR count). The molecule has 0 aliphatic carbocycles. The number of rotatable bonds is 8. The number of hydrogen-bond acceptors (Lipinski definition) is 4. The summed E-state index contributed by atoms with van der Waals surface area (Å²) in [5, 5.41) is 0. The Morgan fingerprint density at radius 2 is 1.69 bits per heavy atom. The molecule has 29 heavy (non-hydrogen) atoms. The number of fused-ring (bicyclic) bond motifs is 1. The predicted octanol–water partition coefficient (Wildman–Crippen LogP) is 3.93. The molecule has 0 saturated heterocycles. The first-order valence-corrected chi connectivity index (χ1v) is 13.1. The van der Waals surface area contributed by atoms with Crippen LogP contribution in [0.5, 0.6) is 0 Å². The largest absolute Gasteiger partial charge is 0.280 e. The smallest absolute Gasteiger partial charge is 0.261 e. The van der Waals surface area contributed by atoms with Gasteiger partial charge in [0.2, 0.25) is 10.0 Å². The third-order valence-electron chi connectivity index (χ3n) is 4.98. The predicted molar refractivity (Wildman–Crippen MR) is 117 cm³/mol. The molecule has 0 saturated carbocycles. The van der Waals surface area contributed by atoms with E-state index in [0.717, 1.165) is 30.4 Å². The van der Waals surface area contributed by atoms with Crippen LogP contribution in [0.4, 0.5) is 11.4 Å². The monoisotopic (exact) mass is 436 g/mol. The molecule has 8 heteroatoms. The summed E-state index contributed by atoms with van der Waals surface area (Å²) in [6.45, 7) is 4.39. The van der Waals surface area contributed by atoms with Crippen molar-refractivity contribution in [1.82, 2.24) is 0 Å². The zero-order valence-corrected chi connectivity index (χ0v) is 18.5. The van der Waals surface area contributed by atoms with Crippen LogP contribution in [0.1, 0.15) is 44.2 Å². The van der Waals surface area contributed by atoms with Crippen molar-refractivity contribution >= 4 is 31.4 Å². The quantitative estimate of drug-likeness (QED) is 0.679. The van der Waals surface area contributed by atoms with Crippen molar-refractivity contribution in [2.24, 2.45) is 0 Å². The molecule has 0 spiro atoms. The van der Waals surface area contributed by atoms with Crippen LogP contribution in [0.3, 0.4) is 0 Å². The maximum atomic E-state index is 12.7. The average molecular weight is 437 g/mol. The van der Waals surface area contributed by atoms with Gasteiger partial charge in [-0.2, -0.15) is 0 Å². The van der Waals surface area contributed by atoms with E-state index in [-0.39, 0.29) is 10.6 Å².